The highest BCUT2D eigenvalue weighted by Gasteiger charge is 2.11. The number of rotatable bonds is 12. The maximum Gasteiger partial charge on any atom is 0.333 e. The van der Waals surface area contributed by atoms with E-state index in [1.165, 1.54) is 0 Å². The van der Waals surface area contributed by atoms with Crippen LogP contribution in [0.3, 0.4) is 0 Å². The van der Waals surface area contributed by atoms with E-state index in [4.69, 9.17) is 9.47 Å². The summed E-state index contributed by atoms with van der Waals surface area (Å²) in [5.41, 5.74) is 0. The van der Waals surface area contributed by atoms with E-state index in [0.29, 0.717) is 12.8 Å². The van der Waals surface area contributed by atoms with E-state index in [2.05, 4.69) is 0 Å². The smallest absolute Gasteiger partial charge is 0.333 e. The van der Waals surface area contributed by atoms with Crippen molar-refractivity contribution in [2.75, 3.05) is 0 Å². The average molecular weight is 316 g/mol. The highest BCUT2D eigenvalue weighted by atomic mass is 16.6. The fourth-order valence-electron chi connectivity index (χ4n) is 1.74. The summed E-state index contributed by atoms with van der Waals surface area (Å²) in [5, 5.41) is 18.9. The average Bonchev–Trinajstić information content (AvgIpc) is 2.45. The van der Waals surface area contributed by atoms with Crippen LogP contribution in [0.25, 0.3) is 0 Å². The van der Waals surface area contributed by atoms with E-state index in [-0.39, 0.29) is 0 Å². The molecule has 0 rings (SSSR count). The summed E-state index contributed by atoms with van der Waals surface area (Å²) in [5.74, 6) is -1.64. The van der Waals surface area contributed by atoms with Crippen LogP contribution < -0.4 is 0 Å². The minimum atomic E-state index is -1.17. The molecular formula is C16H28O6. The molecule has 2 N–H and O–H groups in total. The van der Waals surface area contributed by atoms with Crippen molar-refractivity contribution in [3.63, 3.8) is 0 Å². The minimum absolute atomic E-state index is 0.369. The maximum atomic E-state index is 11.3. The SMILES string of the molecule is CCCCCC(O)OC(=O)/C=C\C(=O)OC(O)CCCCC. The molecule has 0 aromatic rings. The van der Waals surface area contributed by atoms with Crippen molar-refractivity contribution in [3.05, 3.63) is 12.2 Å². The van der Waals surface area contributed by atoms with Crippen molar-refractivity contribution in [1.29, 1.82) is 0 Å². The number of esters is 2. The summed E-state index contributed by atoms with van der Waals surface area (Å²) < 4.78 is 9.38. The van der Waals surface area contributed by atoms with Crippen LogP contribution in [0.5, 0.6) is 0 Å². The van der Waals surface area contributed by atoms with E-state index < -0.39 is 24.5 Å². The van der Waals surface area contributed by atoms with Crippen LogP contribution >= 0.6 is 0 Å². The third-order valence-electron chi connectivity index (χ3n) is 2.97. The molecular weight excluding hydrogens is 288 g/mol. The molecule has 2 atom stereocenters. The van der Waals surface area contributed by atoms with E-state index >= 15 is 0 Å². The molecule has 0 fully saturated rings. The standard InChI is InChI=1S/C16H28O6/c1-3-5-7-9-13(17)21-15(19)11-12-16(20)22-14(18)10-8-6-4-2/h11-14,17-18H,3-10H2,1-2H3/b12-11-. The van der Waals surface area contributed by atoms with Gasteiger partial charge >= 0.3 is 11.9 Å². The van der Waals surface area contributed by atoms with Gasteiger partial charge in [-0.2, -0.15) is 0 Å². The predicted molar refractivity (Wildman–Crippen MR) is 81.6 cm³/mol. The first-order valence-corrected chi connectivity index (χ1v) is 7.95. The second kappa shape index (κ2) is 13.3. The lowest BCUT2D eigenvalue weighted by atomic mass is 10.2. The van der Waals surface area contributed by atoms with Crippen LogP contribution in [0, 0.1) is 0 Å². The fourth-order valence-corrected chi connectivity index (χ4v) is 1.74. The normalized spacial score (nSPS) is 13.8. The van der Waals surface area contributed by atoms with Gasteiger partial charge in [0, 0.05) is 25.0 Å². The van der Waals surface area contributed by atoms with Crippen LogP contribution in [0.2, 0.25) is 0 Å². The van der Waals surface area contributed by atoms with Crippen molar-refractivity contribution in [2.45, 2.75) is 77.8 Å². The van der Waals surface area contributed by atoms with E-state index in [0.717, 1.165) is 50.7 Å². The van der Waals surface area contributed by atoms with Crippen molar-refractivity contribution in [1.82, 2.24) is 0 Å². The van der Waals surface area contributed by atoms with Gasteiger partial charge in [0.05, 0.1) is 0 Å². The number of aliphatic hydroxyl groups is 2. The number of carbonyl (C=O) groups is 2. The van der Waals surface area contributed by atoms with Gasteiger partial charge in [0.1, 0.15) is 0 Å². The number of carbonyl (C=O) groups excluding carboxylic acids is 2. The Labute approximate surface area is 132 Å². The molecule has 0 bridgehead atoms. The molecule has 0 radical (unpaired) electrons. The highest BCUT2D eigenvalue weighted by molar-refractivity contribution is 5.91. The van der Waals surface area contributed by atoms with E-state index in [9.17, 15) is 19.8 Å². The Morgan fingerprint density at radius 1 is 0.818 bits per heavy atom. The summed E-state index contributed by atoms with van der Waals surface area (Å²) in [6.07, 6.45) is 5.61. The van der Waals surface area contributed by atoms with Crippen molar-refractivity contribution >= 4 is 11.9 Å². The third-order valence-corrected chi connectivity index (χ3v) is 2.97. The molecule has 0 saturated carbocycles. The number of hydrogen-bond donors (Lipinski definition) is 2. The number of aliphatic hydroxyl groups excluding tert-OH is 2. The Bertz CT molecular complexity index is 308. The molecule has 0 aliphatic carbocycles. The molecule has 0 aliphatic heterocycles. The lowest BCUT2D eigenvalue weighted by Crippen LogP contribution is -2.18. The van der Waals surface area contributed by atoms with E-state index in [1.54, 1.807) is 0 Å². The van der Waals surface area contributed by atoms with Crippen LogP contribution in [0.1, 0.15) is 65.2 Å². The minimum Gasteiger partial charge on any atom is -0.433 e. The zero-order valence-electron chi connectivity index (χ0n) is 13.5. The second-order valence-corrected chi connectivity index (χ2v) is 5.11. The Hall–Kier alpha value is -1.40. The molecule has 0 heterocycles. The molecule has 0 aromatic carbocycles. The number of hydrogen-bond acceptors (Lipinski definition) is 6. The Morgan fingerprint density at radius 3 is 1.50 bits per heavy atom. The molecule has 0 aliphatic rings. The highest BCUT2D eigenvalue weighted by Crippen LogP contribution is 2.06. The van der Waals surface area contributed by atoms with Gasteiger partial charge in [0.15, 0.2) is 0 Å². The molecule has 2 unspecified atom stereocenters. The van der Waals surface area contributed by atoms with E-state index in [1.807, 2.05) is 13.8 Å². The quantitative estimate of drug-likeness (QED) is 0.249. The first kappa shape index (κ1) is 20.6. The summed E-state index contributed by atoms with van der Waals surface area (Å²) >= 11 is 0. The maximum absolute atomic E-state index is 11.3. The van der Waals surface area contributed by atoms with Crippen molar-refractivity contribution in [3.8, 4) is 0 Å². The fraction of sp³-hybridized carbons (Fsp3) is 0.750. The van der Waals surface area contributed by atoms with Crippen LogP contribution in [-0.2, 0) is 19.1 Å². The van der Waals surface area contributed by atoms with Gasteiger partial charge in [0.25, 0.3) is 0 Å². The van der Waals surface area contributed by atoms with Gasteiger partial charge in [-0.25, -0.2) is 9.59 Å². The first-order valence-electron chi connectivity index (χ1n) is 7.95. The summed E-state index contributed by atoms with van der Waals surface area (Å²) in [7, 11) is 0. The van der Waals surface area contributed by atoms with Gasteiger partial charge in [-0.1, -0.05) is 39.5 Å². The summed E-state index contributed by atoms with van der Waals surface area (Å²) in [4.78, 5) is 22.7. The zero-order valence-corrected chi connectivity index (χ0v) is 13.5. The molecule has 0 aromatic heterocycles. The molecule has 128 valence electrons. The van der Waals surface area contributed by atoms with Crippen LogP contribution in [0.15, 0.2) is 12.2 Å². The summed E-state index contributed by atoms with van der Waals surface area (Å²) in [6, 6.07) is 0. The molecule has 0 spiro atoms. The second-order valence-electron chi connectivity index (χ2n) is 5.11. The summed E-state index contributed by atoms with van der Waals surface area (Å²) in [6.45, 7) is 4.06. The predicted octanol–water partition coefficient (Wildman–Crippen LogP) is 2.43. The van der Waals surface area contributed by atoms with Crippen molar-refractivity contribution < 1.29 is 29.3 Å². The lowest BCUT2D eigenvalue weighted by molar-refractivity contribution is -0.165. The molecule has 0 saturated heterocycles. The van der Waals surface area contributed by atoms with Gasteiger partial charge in [-0.3, -0.25) is 0 Å². The molecule has 0 amide bonds. The molecule has 6 nitrogen and oxygen atoms in total. The number of unbranched alkanes of at least 4 members (excludes halogenated alkanes) is 4. The largest absolute Gasteiger partial charge is 0.433 e. The Kier molecular flexibility index (Phi) is 12.4. The van der Waals surface area contributed by atoms with Crippen molar-refractivity contribution in [2.24, 2.45) is 0 Å². The zero-order chi connectivity index (χ0) is 16.8. The molecule has 22 heavy (non-hydrogen) atoms. The first-order chi connectivity index (χ1) is 10.5. The topological polar surface area (TPSA) is 93.1 Å². The van der Waals surface area contributed by atoms with Gasteiger partial charge in [0.2, 0.25) is 12.6 Å². The monoisotopic (exact) mass is 316 g/mol. The molecule has 6 heteroatoms. The van der Waals surface area contributed by atoms with Crippen LogP contribution in [0.4, 0.5) is 0 Å². The third kappa shape index (κ3) is 12.3. The Balaban J connectivity index is 3.92. The Morgan fingerprint density at radius 2 is 1.18 bits per heavy atom. The van der Waals surface area contributed by atoms with Gasteiger partial charge in [-0.05, 0) is 12.8 Å². The van der Waals surface area contributed by atoms with Gasteiger partial charge < -0.3 is 19.7 Å². The van der Waals surface area contributed by atoms with Gasteiger partial charge in [-0.15, -0.1) is 0 Å². The number of ether oxygens (including phenoxy) is 2. The lowest BCUT2D eigenvalue weighted by Gasteiger charge is -2.10. The van der Waals surface area contributed by atoms with Crippen LogP contribution in [-0.4, -0.2) is 34.7 Å².